The maximum absolute atomic E-state index is 10.4. The zero-order valence-electron chi connectivity index (χ0n) is 6.38. The summed E-state index contributed by atoms with van der Waals surface area (Å²) >= 11 is 3.09. The maximum atomic E-state index is 10.4. The predicted molar refractivity (Wildman–Crippen MR) is 50.2 cm³/mol. The van der Waals surface area contributed by atoms with Crippen LogP contribution in [0.15, 0.2) is 10.1 Å². The molecule has 0 saturated heterocycles. The average Bonchev–Trinajstić information content (AvgIpc) is 2.46. The molecule has 0 fully saturated rings. The third kappa shape index (κ3) is 1.84. The summed E-state index contributed by atoms with van der Waals surface area (Å²) < 4.78 is 0.0138. The Morgan fingerprint density at radius 1 is 1.27 bits per heavy atom. The Kier molecular flexibility index (Phi) is 3.14. The second-order valence-corrected chi connectivity index (χ2v) is 4.50. The minimum absolute atomic E-state index is 0.0138. The number of carbonyl (C=O) groups excluding carboxylic acids is 1. The number of hydrogen-bond acceptors (Lipinski definition) is 5. The van der Waals surface area contributed by atoms with Crippen LogP contribution < -0.4 is 10.6 Å². The molecule has 0 amide bonds. The molecule has 11 heavy (non-hydrogen) atoms. The highest BCUT2D eigenvalue weighted by atomic mass is 32.2. The summed E-state index contributed by atoms with van der Waals surface area (Å²) in [6, 6.07) is 0. The zero-order valence-corrected chi connectivity index (χ0v) is 8.01. The van der Waals surface area contributed by atoms with Crippen LogP contribution >= 0.6 is 23.5 Å². The Morgan fingerprint density at radius 3 is 2.00 bits per heavy atom. The molecule has 0 radical (unpaired) electrons. The smallest absolute Gasteiger partial charge is 0.143 e. The Balaban J connectivity index is 2.63. The first-order valence-corrected chi connectivity index (χ1v) is 4.96. The normalized spacial score (nSPS) is 18.7. The molecule has 1 aliphatic rings. The van der Waals surface area contributed by atoms with Gasteiger partial charge in [-0.1, -0.05) is 23.5 Å². The molecule has 0 aromatic heterocycles. The SMILES string of the molecule is CNC1=C(NC)SC(C=O)S1. The van der Waals surface area contributed by atoms with E-state index in [4.69, 9.17) is 0 Å². The standard InChI is InChI=1S/C6H10N2OS2/c1-7-5-6(8-2)11-4(3-9)10-5/h3-4,7-8H,1-2H3. The van der Waals surface area contributed by atoms with Crippen molar-refractivity contribution in [3.63, 3.8) is 0 Å². The van der Waals surface area contributed by atoms with Gasteiger partial charge in [-0.3, -0.25) is 0 Å². The Labute approximate surface area is 74.4 Å². The number of thioether (sulfide) groups is 2. The van der Waals surface area contributed by atoms with Gasteiger partial charge in [0.05, 0.1) is 10.1 Å². The van der Waals surface area contributed by atoms with Crippen LogP contribution in [0.1, 0.15) is 0 Å². The lowest BCUT2D eigenvalue weighted by molar-refractivity contribution is -0.106. The highest BCUT2D eigenvalue weighted by molar-refractivity contribution is 8.24. The second kappa shape index (κ2) is 3.92. The fourth-order valence-corrected chi connectivity index (χ4v) is 3.05. The fraction of sp³-hybridized carbons (Fsp3) is 0.500. The minimum atomic E-state index is 0.0138. The molecular formula is C6H10N2OS2. The lowest BCUT2D eigenvalue weighted by atomic mass is 10.8. The van der Waals surface area contributed by atoms with E-state index in [-0.39, 0.29) is 4.58 Å². The number of carbonyl (C=O) groups is 1. The van der Waals surface area contributed by atoms with Gasteiger partial charge in [-0.05, 0) is 0 Å². The average molecular weight is 190 g/mol. The summed E-state index contributed by atoms with van der Waals surface area (Å²) in [4.78, 5) is 10.4. The molecule has 0 saturated carbocycles. The Morgan fingerprint density at radius 2 is 1.73 bits per heavy atom. The van der Waals surface area contributed by atoms with Crippen molar-refractivity contribution in [1.29, 1.82) is 0 Å². The molecular weight excluding hydrogens is 180 g/mol. The highest BCUT2D eigenvalue weighted by Crippen LogP contribution is 2.41. The molecule has 0 unspecified atom stereocenters. The lowest BCUT2D eigenvalue weighted by Crippen LogP contribution is -2.09. The van der Waals surface area contributed by atoms with Crippen molar-refractivity contribution in [2.75, 3.05) is 14.1 Å². The van der Waals surface area contributed by atoms with Crippen molar-refractivity contribution in [2.45, 2.75) is 4.58 Å². The van der Waals surface area contributed by atoms with Gasteiger partial charge in [0.25, 0.3) is 0 Å². The molecule has 0 atom stereocenters. The second-order valence-electron chi connectivity index (χ2n) is 1.90. The van der Waals surface area contributed by atoms with Crippen molar-refractivity contribution in [3.05, 3.63) is 10.1 Å². The summed E-state index contributed by atoms with van der Waals surface area (Å²) in [5.74, 6) is 0. The molecule has 0 aromatic rings. The molecule has 0 bridgehead atoms. The number of aldehydes is 1. The van der Waals surface area contributed by atoms with Crippen molar-refractivity contribution in [1.82, 2.24) is 10.6 Å². The van der Waals surface area contributed by atoms with Crippen LogP contribution in [0.3, 0.4) is 0 Å². The minimum Gasteiger partial charge on any atom is -0.381 e. The monoisotopic (exact) mass is 190 g/mol. The third-order valence-electron chi connectivity index (χ3n) is 1.24. The first-order chi connectivity index (χ1) is 5.31. The van der Waals surface area contributed by atoms with Gasteiger partial charge in [0.15, 0.2) is 0 Å². The molecule has 1 heterocycles. The molecule has 0 aliphatic carbocycles. The zero-order chi connectivity index (χ0) is 8.27. The molecule has 2 N–H and O–H groups in total. The number of rotatable bonds is 3. The van der Waals surface area contributed by atoms with E-state index in [2.05, 4.69) is 10.6 Å². The van der Waals surface area contributed by atoms with Crippen LogP contribution in [0.5, 0.6) is 0 Å². The van der Waals surface area contributed by atoms with Crippen molar-refractivity contribution < 1.29 is 4.79 Å². The summed E-state index contributed by atoms with van der Waals surface area (Å²) in [5.41, 5.74) is 0. The molecule has 3 nitrogen and oxygen atoms in total. The van der Waals surface area contributed by atoms with Crippen LogP contribution in [0, 0.1) is 0 Å². The van der Waals surface area contributed by atoms with Crippen LogP contribution in [0.2, 0.25) is 0 Å². The number of hydrogen-bond donors (Lipinski definition) is 2. The first-order valence-electron chi connectivity index (χ1n) is 3.20. The maximum Gasteiger partial charge on any atom is 0.143 e. The van der Waals surface area contributed by atoms with Gasteiger partial charge in [0, 0.05) is 14.1 Å². The van der Waals surface area contributed by atoms with E-state index in [9.17, 15) is 4.79 Å². The van der Waals surface area contributed by atoms with Crippen molar-refractivity contribution in [2.24, 2.45) is 0 Å². The van der Waals surface area contributed by atoms with Gasteiger partial charge in [-0.15, -0.1) is 0 Å². The van der Waals surface area contributed by atoms with Crippen LogP contribution in [-0.2, 0) is 4.79 Å². The van der Waals surface area contributed by atoms with E-state index in [1.165, 1.54) is 0 Å². The van der Waals surface area contributed by atoms with E-state index in [0.29, 0.717) is 0 Å². The molecule has 62 valence electrons. The van der Waals surface area contributed by atoms with Gasteiger partial charge in [0.2, 0.25) is 0 Å². The number of nitrogens with one attached hydrogen (secondary N) is 2. The van der Waals surface area contributed by atoms with Crippen LogP contribution in [0.4, 0.5) is 0 Å². The first kappa shape index (κ1) is 8.80. The molecule has 0 aromatic carbocycles. The van der Waals surface area contributed by atoms with Gasteiger partial charge in [0.1, 0.15) is 10.9 Å². The fourth-order valence-electron chi connectivity index (χ4n) is 0.764. The highest BCUT2D eigenvalue weighted by Gasteiger charge is 2.23. The van der Waals surface area contributed by atoms with Gasteiger partial charge in [-0.2, -0.15) is 0 Å². The predicted octanol–water partition coefficient (Wildman–Crippen LogP) is 0.557. The topological polar surface area (TPSA) is 41.1 Å². The summed E-state index contributed by atoms with van der Waals surface area (Å²) in [6.07, 6.45) is 0.955. The van der Waals surface area contributed by atoms with Crippen LogP contribution in [-0.4, -0.2) is 25.0 Å². The largest absolute Gasteiger partial charge is 0.381 e. The van der Waals surface area contributed by atoms with E-state index < -0.39 is 0 Å². The third-order valence-corrected chi connectivity index (χ3v) is 3.92. The van der Waals surface area contributed by atoms with E-state index in [0.717, 1.165) is 16.3 Å². The van der Waals surface area contributed by atoms with Crippen LogP contribution in [0.25, 0.3) is 0 Å². The van der Waals surface area contributed by atoms with Gasteiger partial charge in [-0.25, -0.2) is 0 Å². The van der Waals surface area contributed by atoms with E-state index >= 15 is 0 Å². The van der Waals surface area contributed by atoms with Gasteiger partial charge >= 0.3 is 0 Å². The van der Waals surface area contributed by atoms with E-state index in [1.807, 2.05) is 14.1 Å². The summed E-state index contributed by atoms with van der Waals surface area (Å²) in [5, 5.41) is 8.16. The van der Waals surface area contributed by atoms with Gasteiger partial charge < -0.3 is 15.4 Å². The lowest BCUT2D eigenvalue weighted by Gasteiger charge is -2.01. The molecule has 0 spiro atoms. The quantitative estimate of drug-likeness (QED) is 0.636. The summed E-state index contributed by atoms with van der Waals surface area (Å²) in [7, 11) is 3.71. The van der Waals surface area contributed by atoms with Crippen molar-refractivity contribution >= 4 is 29.8 Å². The Hall–Kier alpha value is -0.290. The molecule has 1 aliphatic heterocycles. The summed E-state index contributed by atoms with van der Waals surface area (Å²) in [6.45, 7) is 0. The molecule has 5 heteroatoms. The Bertz CT molecular complexity index is 177. The van der Waals surface area contributed by atoms with E-state index in [1.54, 1.807) is 23.5 Å². The van der Waals surface area contributed by atoms with Crippen molar-refractivity contribution in [3.8, 4) is 0 Å². The molecule has 1 rings (SSSR count).